The van der Waals surface area contributed by atoms with Gasteiger partial charge in [-0.2, -0.15) is 0 Å². The van der Waals surface area contributed by atoms with Crippen LogP contribution in [0.3, 0.4) is 0 Å². The maximum atomic E-state index is 11.5. The second kappa shape index (κ2) is 7.92. The second-order valence-corrected chi connectivity index (χ2v) is 5.92. The number of rotatable bonds is 8. The van der Waals surface area contributed by atoms with Gasteiger partial charge in [0.15, 0.2) is 6.29 Å². The molecule has 120 valence electrons. The number of esters is 1. The summed E-state index contributed by atoms with van der Waals surface area (Å²) in [6, 6.07) is 0. The average Bonchev–Trinajstić information content (AvgIpc) is 3.31. The fourth-order valence-electron chi connectivity index (χ4n) is 2.64. The van der Waals surface area contributed by atoms with Gasteiger partial charge >= 0.3 is 5.97 Å². The first-order valence-electron chi connectivity index (χ1n) is 7.71. The van der Waals surface area contributed by atoms with Crippen LogP contribution < -0.4 is 0 Å². The van der Waals surface area contributed by atoms with E-state index in [1.807, 2.05) is 6.92 Å². The summed E-state index contributed by atoms with van der Waals surface area (Å²) in [4.78, 5) is 11.5. The molecule has 2 aliphatic rings. The van der Waals surface area contributed by atoms with Crippen molar-refractivity contribution in [1.29, 1.82) is 0 Å². The van der Waals surface area contributed by atoms with Crippen molar-refractivity contribution in [2.45, 2.75) is 57.5 Å². The lowest BCUT2D eigenvalue weighted by Gasteiger charge is -2.29. The molecule has 0 aromatic heterocycles. The molecule has 2 fully saturated rings. The van der Waals surface area contributed by atoms with E-state index in [9.17, 15) is 4.79 Å². The molecule has 5 heteroatoms. The summed E-state index contributed by atoms with van der Waals surface area (Å²) >= 11 is 0. The molecule has 0 aromatic carbocycles. The van der Waals surface area contributed by atoms with E-state index in [4.69, 9.17) is 18.9 Å². The van der Waals surface area contributed by atoms with Gasteiger partial charge in [-0.1, -0.05) is 12.2 Å². The van der Waals surface area contributed by atoms with Gasteiger partial charge in [0.25, 0.3) is 0 Å². The smallest absolute Gasteiger partial charge is 0.305 e. The van der Waals surface area contributed by atoms with E-state index in [-0.39, 0.29) is 30.4 Å². The van der Waals surface area contributed by atoms with Crippen LogP contribution in [-0.4, -0.2) is 44.8 Å². The highest BCUT2D eigenvalue weighted by atomic mass is 16.7. The van der Waals surface area contributed by atoms with Crippen molar-refractivity contribution in [1.82, 2.24) is 0 Å². The molecule has 0 saturated carbocycles. The van der Waals surface area contributed by atoms with Gasteiger partial charge in [-0.05, 0) is 32.6 Å². The Kier molecular flexibility index (Phi) is 6.21. The maximum Gasteiger partial charge on any atom is 0.305 e. The molecule has 2 aliphatic heterocycles. The summed E-state index contributed by atoms with van der Waals surface area (Å²) in [5.41, 5.74) is 0.958. The molecule has 0 N–H and O–H groups in total. The van der Waals surface area contributed by atoms with Crippen molar-refractivity contribution in [3.63, 3.8) is 0 Å². The molecule has 2 saturated heterocycles. The number of hydrogen-bond acceptors (Lipinski definition) is 5. The van der Waals surface area contributed by atoms with Gasteiger partial charge in [0.2, 0.25) is 0 Å². The Bertz CT molecular complexity index is 358. The number of hydrogen-bond donors (Lipinski definition) is 0. The third-order valence-electron chi connectivity index (χ3n) is 4.06. The fourth-order valence-corrected chi connectivity index (χ4v) is 2.64. The van der Waals surface area contributed by atoms with Crippen molar-refractivity contribution in [2.75, 3.05) is 20.3 Å². The van der Waals surface area contributed by atoms with E-state index in [2.05, 4.69) is 6.58 Å². The monoisotopic (exact) mass is 298 g/mol. The third-order valence-corrected chi connectivity index (χ3v) is 4.06. The van der Waals surface area contributed by atoms with Crippen LogP contribution in [0.25, 0.3) is 0 Å². The zero-order chi connectivity index (χ0) is 15.2. The predicted octanol–water partition coefficient (Wildman–Crippen LogP) is 2.44. The molecule has 1 unspecified atom stereocenters. The highest BCUT2D eigenvalue weighted by molar-refractivity contribution is 5.69. The number of carbonyl (C=O) groups is 1. The lowest BCUT2D eigenvalue weighted by molar-refractivity contribution is -0.183. The van der Waals surface area contributed by atoms with E-state index in [1.54, 1.807) is 0 Å². The van der Waals surface area contributed by atoms with E-state index >= 15 is 0 Å². The molecule has 0 radical (unpaired) electrons. The van der Waals surface area contributed by atoms with Crippen molar-refractivity contribution in [3.8, 4) is 0 Å². The molecule has 0 amide bonds. The van der Waals surface area contributed by atoms with E-state index in [0.29, 0.717) is 13.0 Å². The number of ether oxygens (including phenoxy) is 4. The lowest BCUT2D eigenvalue weighted by atomic mass is 9.92. The molecule has 4 atom stereocenters. The highest BCUT2D eigenvalue weighted by Gasteiger charge is 2.37. The Morgan fingerprint density at radius 2 is 2.14 bits per heavy atom. The molecular formula is C16H26O5. The number of carbonyl (C=O) groups excluding carboxylic acids is 1. The van der Waals surface area contributed by atoms with E-state index < -0.39 is 0 Å². The van der Waals surface area contributed by atoms with Crippen LogP contribution in [0, 0.1) is 5.92 Å². The van der Waals surface area contributed by atoms with Crippen molar-refractivity contribution in [2.24, 2.45) is 5.92 Å². The largest absolute Gasteiger partial charge is 0.469 e. The molecule has 0 aliphatic carbocycles. The van der Waals surface area contributed by atoms with Gasteiger partial charge in [-0.25, -0.2) is 0 Å². The summed E-state index contributed by atoms with van der Waals surface area (Å²) in [5.74, 6) is -0.0902. The predicted molar refractivity (Wildman–Crippen MR) is 77.8 cm³/mol. The maximum absolute atomic E-state index is 11.5. The first-order chi connectivity index (χ1) is 10.1. The minimum absolute atomic E-state index is 0.105. The van der Waals surface area contributed by atoms with Crippen LogP contribution in [0.2, 0.25) is 0 Å². The Balaban J connectivity index is 1.89. The van der Waals surface area contributed by atoms with Gasteiger partial charge in [-0.3, -0.25) is 4.79 Å². The summed E-state index contributed by atoms with van der Waals surface area (Å²) in [6.07, 6.45) is 4.11. The minimum atomic E-state index is -0.204. The molecule has 2 heterocycles. The molecule has 0 spiro atoms. The van der Waals surface area contributed by atoms with Gasteiger partial charge in [0.05, 0.1) is 32.3 Å². The first kappa shape index (κ1) is 16.5. The standard InChI is InChI=1S/C16H26O5/c1-11(2)13(21-16-6-4-5-7-19-16)8-12(14-10-20-14)9-15(17)18-3/h12-14,16H,1,4-10H2,2-3H3/t12-,13+,14+,16?/m1/s1. The Hall–Kier alpha value is -0.910. The molecule has 0 bridgehead atoms. The lowest BCUT2D eigenvalue weighted by Crippen LogP contribution is -2.31. The quantitative estimate of drug-likeness (QED) is 0.391. The van der Waals surface area contributed by atoms with Crippen LogP contribution in [0.5, 0.6) is 0 Å². The van der Waals surface area contributed by atoms with Gasteiger partial charge in [0, 0.05) is 12.5 Å². The van der Waals surface area contributed by atoms with E-state index in [1.165, 1.54) is 7.11 Å². The van der Waals surface area contributed by atoms with Crippen molar-refractivity contribution >= 4 is 5.97 Å². The van der Waals surface area contributed by atoms with Crippen molar-refractivity contribution in [3.05, 3.63) is 12.2 Å². The average molecular weight is 298 g/mol. The van der Waals surface area contributed by atoms with Crippen molar-refractivity contribution < 1.29 is 23.7 Å². The molecule has 2 rings (SSSR count). The molecular weight excluding hydrogens is 272 g/mol. The highest BCUT2D eigenvalue weighted by Crippen LogP contribution is 2.31. The van der Waals surface area contributed by atoms with Crippen LogP contribution in [0.15, 0.2) is 12.2 Å². The van der Waals surface area contributed by atoms with Gasteiger partial charge in [-0.15, -0.1) is 0 Å². The second-order valence-electron chi connectivity index (χ2n) is 5.92. The summed E-state index contributed by atoms with van der Waals surface area (Å²) < 4.78 is 21.8. The Morgan fingerprint density at radius 3 is 2.67 bits per heavy atom. The molecule has 0 aromatic rings. The SMILES string of the molecule is C=C(C)[C@H](C[C@H](CC(=O)OC)[C@@H]1CO1)OC1CCCCO1. The normalized spacial score (nSPS) is 27.7. The third kappa shape index (κ3) is 5.41. The van der Waals surface area contributed by atoms with Gasteiger partial charge in [0.1, 0.15) is 0 Å². The van der Waals surface area contributed by atoms with Crippen LogP contribution in [0.1, 0.15) is 39.0 Å². The van der Waals surface area contributed by atoms with Crippen LogP contribution >= 0.6 is 0 Å². The summed E-state index contributed by atoms with van der Waals surface area (Å²) in [5, 5.41) is 0. The summed E-state index contributed by atoms with van der Waals surface area (Å²) in [7, 11) is 1.41. The topological polar surface area (TPSA) is 57.3 Å². The first-order valence-corrected chi connectivity index (χ1v) is 7.71. The zero-order valence-corrected chi connectivity index (χ0v) is 13.0. The minimum Gasteiger partial charge on any atom is -0.469 e. The molecule has 21 heavy (non-hydrogen) atoms. The van der Waals surface area contributed by atoms with E-state index in [0.717, 1.165) is 37.9 Å². The van der Waals surface area contributed by atoms with Crippen LogP contribution in [0.4, 0.5) is 0 Å². The Labute approximate surface area is 126 Å². The Morgan fingerprint density at radius 1 is 1.38 bits per heavy atom. The number of epoxide rings is 1. The fraction of sp³-hybridized carbons (Fsp3) is 0.812. The van der Waals surface area contributed by atoms with Crippen LogP contribution in [-0.2, 0) is 23.7 Å². The summed E-state index contributed by atoms with van der Waals surface area (Å²) in [6.45, 7) is 7.44. The number of methoxy groups -OCH3 is 1. The molecule has 5 nitrogen and oxygen atoms in total. The van der Waals surface area contributed by atoms with Gasteiger partial charge < -0.3 is 18.9 Å². The zero-order valence-electron chi connectivity index (χ0n) is 13.0.